The third-order valence-corrected chi connectivity index (χ3v) is 7.87. The first kappa shape index (κ1) is 30.7. The lowest BCUT2D eigenvalue weighted by atomic mass is 10.0. The standard InChI is InChI=1S/C31H36Cl2N4O4/c1-20-16-37(21(2)19-38)30(39)15-23-14-25(35-31(40)34-24-7-5-4-6-8-24)10-12-28(23)41-29(20)18-36(3)17-22-9-11-26(32)27(33)13-22/h4-14,20-21,29,38H,15-19H2,1-3H3,(H2,34,35,40)/t20-,21+,29+/m1/s1. The van der Waals surface area contributed by atoms with E-state index in [1.165, 1.54) is 0 Å². The molecule has 4 rings (SSSR count). The number of carbonyl (C=O) groups is 2. The number of nitrogens with zero attached hydrogens (tertiary/aromatic N) is 2. The zero-order valence-corrected chi connectivity index (χ0v) is 25.0. The molecule has 218 valence electrons. The maximum atomic E-state index is 13.5. The Balaban J connectivity index is 1.56. The van der Waals surface area contributed by atoms with Gasteiger partial charge in [-0.1, -0.05) is 54.4 Å². The molecule has 0 spiro atoms. The number of fused-ring (bicyclic) bond motifs is 1. The highest BCUT2D eigenvalue weighted by Gasteiger charge is 2.31. The number of hydrogen-bond donors (Lipinski definition) is 3. The monoisotopic (exact) mass is 598 g/mol. The van der Waals surface area contributed by atoms with Crippen molar-refractivity contribution in [3.8, 4) is 5.75 Å². The Morgan fingerprint density at radius 2 is 1.80 bits per heavy atom. The Morgan fingerprint density at radius 1 is 1.07 bits per heavy atom. The summed E-state index contributed by atoms with van der Waals surface area (Å²) >= 11 is 12.3. The molecule has 1 aliphatic heterocycles. The molecular weight excluding hydrogens is 563 g/mol. The van der Waals surface area contributed by atoms with Crippen LogP contribution in [0.1, 0.15) is 25.0 Å². The molecule has 3 aromatic rings. The highest BCUT2D eigenvalue weighted by molar-refractivity contribution is 6.42. The molecule has 0 fully saturated rings. The summed E-state index contributed by atoms with van der Waals surface area (Å²) in [4.78, 5) is 29.9. The number of ether oxygens (including phenoxy) is 1. The van der Waals surface area contributed by atoms with E-state index in [1.807, 2.05) is 44.3 Å². The molecule has 0 aromatic heterocycles. The van der Waals surface area contributed by atoms with Crippen molar-refractivity contribution in [2.75, 3.05) is 37.4 Å². The summed E-state index contributed by atoms with van der Waals surface area (Å²) in [7, 11) is 2.00. The van der Waals surface area contributed by atoms with Crippen LogP contribution < -0.4 is 15.4 Å². The maximum absolute atomic E-state index is 13.5. The van der Waals surface area contributed by atoms with Gasteiger partial charge in [-0.15, -0.1) is 0 Å². The quantitative estimate of drug-likeness (QED) is 0.299. The highest BCUT2D eigenvalue weighted by atomic mass is 35.5. The second-order valence-electron chi connectivity index (χ2n) is 10.6. The van der Waals surface area contributed by atoms with Gasteiger partial charge in [0.05, 0.1) is 29.1 Å². The first-order valence-electron chi connectivity index (χ1n) is 13.6. The fourth-order valence-electron chi connectivity index (χ4n) is 4.86. The zero-order valence-electron chi connectivity index (χ0n) is 23.4. The smallest absolute Gasteiger partial charge is 0.323 e. The second kappa shape index (κ2) is 14.0. The predicted molar refractivity (Wildman–Crippen MR) is 164 cm³/mol. The van der Waals surface area contributed by atoms with Gasteiger partial charge in [0.25, 0.3) is 0 Å². The molecule has 0 aliphatic carbocycles. The number of carbonyl (C=O) groups excluding carboxylic acids is 2. The van der Waals surface area contributed by atoms with Crippen LogP contribution in [0.2, 0.25) is 10.0 Å². The Labute approximate surface area is 251 Å². The lowest BCUT2D eigenvalue weighted by Gasteiger charge is -2.34. The molecule has 3 amide bonds. The summed E-state index contributed by atoms with van der Waals surface area (Å²) in [6.45, 7) is 5.39. The molecule has 8 nitrogen and oxygen atoms in total. The first-order chi connectivity index (χ1) is 19.6. The maximum Gasteiger partial charge on any atom is 0.323 e. The Morgan fingerprint density at radius 3 is 2.51 bits per heavy atom. The van der Waals surface area contributed by atoms with Gasteiger partial charge in [-0.2, -0.15) is 0 Å². The first-order valence-corrected chi connectivity index (χ1v) is 14.3. The van der Waals surface area contributed by atoms with E-state index >= 15 is 0 Å². The third kappa shape index (κ3) is 8.36. The molecule has 3 atom stereocenters. The van der Waals surface area contributed by atoms with Crippen LogP contribution in [-0.2, 0) is 17.8 Å². The van der Waals surface area contributed by atoms with Crippen LogP contribution in [0.15, 0.2) is 66.7 Å². The van der Waals surface area contributed by atoms with Crippen molar-refractivity contribution < 1.29 is 19.4 Å². The molecule has 0 saturated carbocycles. The number of rotatable bonds is 8. The van der Waals surface area contributed by atoms with E-state index in [1.54, 1.807) is 41.3 Å². The van der Waals surface area contributed by atoms with Crippen molar-refractivity contribution in [2.45, 2.75) is 39.0 Å². The van der Waals surface area contributed by atoms with Crippen LogP contribution in [0.5, 0.6) is 5.75 Å². The van der Waals surface area contributed by atoms with Crippen molar-refractivity contribution >= 4 is 46.5 Å². The van der Waals surface area contributed by atoms with Crippen LogP contribution in [0.25, 0.3) is 0 Å². The van der Waals surface area contributed by atoms with Crippen molar-refractivity contribution in [1.29, 1.82) is 0 Å². The number of urea groups is 1. The van der Waals surface area contributed by atoms with E-state index in [4.69, 9.17) is 27.9 Å². The molecule has 0 radical (unpaired) electrons. The van der Waals surface area contributed by atoms with E-state index in [0.717, 1.165) is 5.56 Å². The summed E-state index contributed by atoms with van der Waals surface area (Å²) in [6.07, 6.45) is -0.186. The fourth-order valence-corrected chi connectivity index (χ4v) is 5.18. The summed E-state index contributed by atoms with van der Waals surface area (Å²) in [5.41, 5.74) is 2.89. The van der Waals surface area contributed by atoms with Gasteiger partial charge >= 0.3 is 6.03 Å². The summed E-state index contributed by atoms with van der Waals surface area (Å²) < 4.78 is 6.59. The van der Waals surface area contributed by atoms with Crippen LogP contribution >= 0.6 is 23.2 Å². The Kier molecular flexibility index (Phi) is 10.5. The number of nitrogens with one attached hydrogen (secondary N) is 2. The van der Waals surface area contributed by atoms with Gasteiger partial charge in [0.2, 0.25) is 5.91 Å². The molecule has 0 unspecified atom stereocenters. The molecular formula is C31H36Cl2N4O4. The fraction of sp³-hybridized carbons (Fsp3) is 0.355. The van der Waals surface area contributed by atoms with E-state index in [9.17, 15) is 14.7 Å². The topological polar surface area (TPSA) is 94.1 Å². The van der Waals surface area contributed by atoms with E-state index in [2.05, 4.69) is 22.5 Å². The number of aliphatic hydroxyl groups excluding tert-OH is 1. The minimum absolute atomic E-state index is 0.0374. The second-order valence-corrected chi connectivity index (χ2v) is 11.4. The number of anilines is 2. The lowest BCUT2D eigenvalue weighted by Crippen LogP contribution is -2.47. The number of aliphatic hydroxyl groups is 1. The molecule has 0 bridgehead atoms. The van der Waals surface area contributed by atoms with Crippen molar-refractivity contribution in [3.63, 3.8) is 0 Å². The average Bonchev–Trinajstić information content (AvgIpc) is 2.98. The van der Waals surface area contributed by atoms with Gasteiger partial charge in [-0.3, -0.25) is 9.69 Å². The van der Waals surface area contributed by atoms with E-state index in [0.29, 0.717) is 52.4 Å². The predicted octanol–water partition coefficient (Wildman–Crippen LogP) is 5.92. The summed E-state index contributed by atoms with van der Waals surface area (Å²) in [5.74, 6) is 0.439. The highest BCUT2D eigenvalue weighted by Crippen LogP contribution is 2.30. The Hall–Kier alpha value is -3.30. The summed E-state index contributed by atoms with van der Waals surface area (Å²) in [6, 6.07) is 19.3. The minimum atomic E-state index is -0.391. The van der Waals surface area contributed by atoms with Gasteiger partial charge in [-0.05, 0) is 62.0 Å². The minimum Gasteiger partial charge on any atom is -0.488 e. The van der Waals surface area contributed by atoms with E-state index in [-0.39, 0.29) is 37.0 Å². The molecule has 1 heterocycles. The van der Waals surface area contributed by atoms with Crippen LogP contribution in [0, 0.1) is 5.92 Å². The number of halogens is 2. The molecule has 41 heavy (non-hydrogen) atoms. The number of benzene rings is 3. The third-order valence-electron chi connectivity index (χ3n) is 7.13. The largest absolute Gasteiger partial charge is 0.488 e. The zero-order chi connectivity index (χ0) is 29.5. The Bertz CT molecular complexity index is 1360. The lowest BCUT2D eigenvalue weighted by molar-refractivity contribution is -0.134. The van der Waals surface area contributed by atoms with Crippen molar-refractivity contribution in [1.82, 2.24) is 9.80 Å². The van der Waals surface area contributed by atoms with Gasteiger partial charge in [-0.25, -0.2) is 4.79 Å². The van der Waals surface area contributed by atoms with Crippen LogP contribution in [-0.4, -0.2) is 65.7 Å². The number of likely N-dealkylation sites (N-methyl/N-ethyl adjacent to an activating group) is 1. The normalized spacial score (nSPS) is 18.0. The SMILES string of the molecule is C[C@@H]1CN([C@@H](C)CO)C(=O)Cc2cc(NC(=O)Nc3ccccc3)ccc2O[C@H]1CN(C)Cc1ccc(Cl)c(Cl)c1. The molecule has 3 N–H and O–H groups in total. The number of para-hydroxylation sites is 1. The van der Waals surface area contributed by atoms with Crippen LogP contribution in [0.4, 0.5) is 16.2 Å². The molecule has 3 aromatic carbocycles. The average molecular weight is 600 g/mol. The van der Waals surface area contributed by atoms with Gasteiger partial charge in [0.15, 0.2) is 0 Å². The molecule has 0 saturated heterocycles. The van der Waals surface area contributed by atoms with E-state index < -0.39 is 6.03 Å². The molecule has 1 aliphatic rings. The number of amides is 3. The van der Waals surface area contributed by atoms with Crippen molar-refractivity contribution in [3.05, 3.63) is 87.9 Å². The van der Waals surface area contributed by atoms with Crippen molar-refractivity contribution in [2.24, 2.45) is 5.92 Å². The van der Waals surface area contributed by atoms with Gasteiger partial charge in [0.1, 0.15) is 11.9 Å². The van der Waals surface area contributed by atoms with Gasteiger partial charge in [0, 0.05) is 42.5 Å². The summed E-state index contributed by atoms with van der Waals surface area (Å²) in [5, 5.41) is 16.5. The molecule has 10 heteroatoms. The van der Waals surface area contributed by atoms with Crippen LogP contribution in [0.3, 0.4) is 0 Å². The number of hydrogen-bond acceptors (Lipinski definition) is 5. The van der Waals surface area contributed by atoms with Gasteiger partial charge < -0.3 is 25.4 Å².